The molecule has 0 bridgehead atoms. The highest BCUT2D eigenvalue weighted by atomic mass is 16.5. The number of hydrogen-bond acceptors (Lipinski definition) is 8. The van der Waals surface area contributed by atoms with Gasteiger partial charge < -0.3 is 24.6 Å². The lowest BCUT2D eigenvalue weighted by Crippen LogP contribution is -2.31. The summed E-state index contributed by atoms with van der Waals surface area (Å²) in [6.45, 7) is 1.90. The number of carbonyl (C=O) groups excluding carboxylic acids is 2. The Kier molecular flexibility index (Phi) is 5.51. The van der Waals surface area contributed by atoms with Crippen LogP contribution in [0.15, 0.2) is 40.1 Å². The molecule has 3 rings (SSSR count). The van der Waals surface area contributed by atoms with Crippen LogP contribution >= 0.6 is 0 Å². The first-order chi connectivity index (χ1) is 13.1. The summed E-state index contributed by atoms with van der Waals surface area (Å²) in [5.41, 5.74) is 1.46. The summed E-state index contributed by atoms with van der Waals surface area (Å²) in [6, 6.07) is 7.11. The van der Waals surface area contributed by atoms with Crippen molar-refractivity contribution in [2.24, 2.45) is 0 Å². The van der Waals surface area contributed by atoms with Gasteiger partial charge in [-0.1, -0.05) is 24.2 Å². The number of methoxy groups -OCH3 is 1. The number of rotatable bonds is 7. The van der Waals surface area contributed by atoms with E-state index >= 15 is 0 Å². The Morgan fingerprint density at radius 1 is 1.41 bits per heavy atom. The number of hydrogen-bond donors (Lipinski definition) is 2. The van der Waals surface area contributed by atoms with Gasteiger partial charge in [0.05, 0.1) is 37.1 Å². The van der Waals surface area contributed by atoms with E-state index < -0.39 is 5.97 Å². The predicted octanol–water partition coefficient (Wildman–Crippen LogP) is 0.972. The first kappa shape index (κ1) is 18.6. The molecule has 1 aromatic carbocycles. The molecule has 0 spiro atoms. The van der Waals surface area contributed by atoms with Gasteiger partial charge in [-0.2, -0.15) is 4.98 Å². The van der Waals surface area contributed by atoms with Gasteiger partial charge >= 0.3 is 5.97 Å². The highest BCUT2D eigenvalue weighted by Gasteiger charge is 2.34. The lowest BCUT2D eigenvalue weighted by atomic mass is 10.1. The molecule has 2 N–H and O–H groups in total. The number of ether oxygens (including phenoxy) is 1. The summed E-state index contributed by atoms with van der Waals surface area (Å²) < 4.78 is 10.1. The topological polar surface area (TPSA) is 118 Å². The molecule has 142 valence electrons. The second-order valence-corrected chi connectivity index (χ2v) is 5.84. The maximum atomic E-state index is 12.7. The normalized spacial score (nSPS) is 14.0. The van der Waals surface area contributed by atoms with Crippen molar-refractivity contribution < 1.29 is 24.0 Å². The van der Waals surface area contributed by atoms with Gasteiger partial charge in [-0.05, 0) is 12.1 Å². The van der Waals surface area contributed by atoms with Crippen molar-refractivity contribution in [1.82, 2.24) is 15.0 Å². The smallest absolute Gasteiger partial charge is 0.337 e. The molecule has 1 aromatic heterocycles. The van der Waals surface area contributed by atoms with E-state index in [1.807, 2.05) is 6.92 Å². The minimum absolute atomic E-state index is 0.0666. The van der Waals surface area contributed by atoms with Crippen molar-refractivity contribution in [2.45, 2.75) is 13.3 Å². The molecular weight excluding hydrogens is 352 g/mol. The third-order valence-electron chi connectivity index (χ3n) is 4.16. The van der Waals surface area contributed by atoms with E-state index in [-0.39, 0.29) is 36.9 Å². The van der Waals surface area contributed by atoms with Crippen molar-refractivity contribution in [3.05, 3.63) is 41.4 Å². The van der Waals surface area contributed by atoms with Crippen molar-refractivity contribution in [3.8, 4) is 11.5 Å². The number of nitrogens with zero attached hydrogens (tertiary/aromatic N) is 3. The van der Waals surface area contributed by atoms with Crippen molar-refractivity contribution in [2.75, 3.05) is 32.1 Å². The largest absolute Gasteiger partial charge is 0.466 e. The molecule has 9 heteroatoms. The van der Waals surface area contributed by atoms with Gasteiger partial charge in [-0.15, -0.1) is 0 Å². The van der Waals surface area contributed by atoms with Crippen molar-refractivity contribution in [1.29, 1.82) is 0 Å². The molecule has 0 fully saturated rings. The first-order valence-electron chi connectivity index (χ1n) is 8.49. The summed E-state index contributed by atoms with van der Waals surface area (Å²) in [7, 11) is 1.25. The zero-order valence-electron chi connectivity index (χ0n) is 15.1. The number of para-hydroxylation sites is 1. The standard InChI is InChI=1S/C18H20N4O5/c1-3-14-20-16(27-21-14)11-6-4-5-7-13(11)19-15-12(18(25)26-2)10-22(8-9-23)17(15)24/h4-7,19,23H,3,8-10H2,1-2H3. The quantitative estimate of drug-likeness (QED) is 0.691. The van der Waals surface area contributed by atoms with E-state index in [9.17, 15) is 9.59 Å². The molecule has 1 aliphatic heterocycles. The molecular formula is C18H20N4O5. The number of nitrogens with one attached hydrogen (secondary N) is 1. The van der Waals surface area contributed by atoms with E-state index in [0.29, 0.717) is 29.4 Å². The molecule has 0 unspecified atom stereocenters. The molecule has 2 heterocycles. The van der Waals surface area contributed by atoms with Gasteiger partial charge in [0, 0.05) is 13.0 Å². The molecule has 9 nitrogen and oxygen atoms in total. The Hall–Kier alpha value is -3.20. The maximum Gasteiger partial charge on any atom is 0.337 e. The Morgan fingerprint density at radius 3 is 2.85 bits per heavy atom. The van der Waals surface area contributed by atoms with E-state index in [1.165, 1.54) is 12.0 Å². The number of amides is 1. The Balaban J connectivity index is 1.97. The van der Waals surface area contributed by atoms with Gasteiger partial charge in [-0.3, -0.25) is 4.79 Å². The molecule has 2 aromatic rings. The van der Waals surface area contributed by atoms with Crippen LogP contribution in [0, 0.1) is 0 Å². The molecule has 0 radical (unpaired) electrons. The van der Waals surface area contributed by atoms with Gasteiger partial charge in [0.1, 0.15) is 5.70 Å². The van der Waals surface area contributed by atoms with Crippen LogP contribution in [0.5, 0.6) is 0 Å². The molecule has 0 saturated carbocycles. The third kappa shape index (κ3) is 3.68. The monoisotopic (exact) mass is 372 g/mol. The highest BCUT2D eigenvalue weighted by Crippen LogP contribution is 2.30. The number of aryl methyl sites for hydroxylation is 1. The van der Waals surface area contributed by atoms with E-state index in [1.54, 1.807) is 24.3 Å². The predicted molar refractivity (Wildman–Crippen MR) is 95.4 cm³/mol. The van der Waals surface area contributed by atoms with Gasteiger partial charge in [0.15, 0.2) is 5.82 Å². The summed E-state index contributed by atoms with van der Waals surface area (Å²) in [4.78, 5) is 30.5. The van der Waals surface area contributed by atoms with Crippen LogP contribution in [0.1, 0.15) is 12.7 Å². The van der Waals surface area contributed by atoms with Crippen molar-refractivity contribution in [3.63, 3.8) is 0 Å². The number of aromatic nitrogens is 2. The van der Waals surface area contributed by atoms with Crippen LogP contribution in [0.25, 0.3) is 11.5 Å². The number of aliphatic hydroxyl groups excluding tert-OH is 1. The molecule has 0 aliphatic carbocycles. The minimum Gasteiger partial charge on any atom is -0.466 e. The van der Waals surface area contributed by atoms with Gasteiger partial charge in [0.2, 0.25) is 0 Å². The second-order valence-electron chi connectivity index (χ2n) is 5.84. The fraction of sp³-hybridized carbons (Fsp3) is 0.333. The second kappa shape index (κ2) is 8.00. The molecule has 0 atom stereocenters. The van der Waals surface area contributed by atoms with Crippen molar-refractivity contribution >= 4 is 17.6 Å². The van der Waals surface area contributed by atoms with E-state index in [2.05, 4.69) is 15.5 Å². The zero-order chi connectivity index (χ0) is 19.4. The van der Waals surface area contributed by atoms with Crippen LogP contribution in [-0.2, 0) is 20.7 Å². The number of anilines is 1. The number of carbonyl (C=O) groups is 2. The third-order valence-corrected chi connectivity index (χ3v) is 4.16. The Bertz CT molecular complexity index is 889. The number of benzene rings is 1. The average Bonchev–Trinajstić information content (AvgIpc) is 3.28. The molecule has 1 aliphatic rings. The van der Waals surface area contributed by atoms with Crippen LogP contribution in [0.4, 0.5) is 5.69 Å². The fourth-order valence-electron chi connectivity index (χ4n) is 2.77. The van der Waals surface area contributed by atoms with E-state index in [4.69, 9.17) is 14.4 Å². The fourth-order valence-corrected chi connectivity index (χ4v) is 2.77. The Morgan fingerprint density at radius 2 is 2.19 bits per heavy atom. The van der Waals surface area contributed by atoms with Gasteiger partial charge in [-0.25, -0.2) is 4.79 Å². The highest BCUT2D eigenvalue weighted by molar-refractivity contribution is 6.09. The lowest BCUT2D eigenvalue weighted by molar-refractivity contribution is -0.136. The van der Waals surface area contributed by atoms with Crippen LogP contribution in [0.2, 0.25) is 0 Å². The molecule has 1 amide bonds. The van der Waals surface area contributed by atoms with Crippen LogP contribution in [0.3, 0.4) is 0 Å². The van der Waals surface area contributed by atoms with E-state index in [0.717, 1.165) is 0 Å². The molecule has 27 heavy (non-hydrogen) atoms. The summed E-state index contributed by atoms with van der Waals surface area (Å²) in [6.07, 6.45) is 0.630. The number of aliphatic hydroxyl groups is 1. The summed E-state index contributed by atoms with van der Waals surface area (Å²) in [5.74, 6) is -0.109. The summed E-state index contributed by atoms with van der Waals surface area (Å²) >= 11 is 0. The summed E-state index contributed by atoms with van der Waals surface area (Å²) in [5, 5.41) is 16.1. The number of β-amino-alcohol motifs (C(OH)–C–C–N with tert-alkyl or cyclic N) is 1. The van der Waals surface area contributed by atoms with Gasteiger partial charge in [0.25, 0.3) is 11.8 Å². The average molecular weight is 372 g/mol. The maximum absolute atomic E-state index is 12.7. The number of esters is 1. The SMILES string of the molecule is CCc1noc(-c2ccccc2NC2=C(C(=O)OC)CN(CCO)C2=O)n1. The van der Waals surface area contributed by atoms with Crippen LogP contribution < -0.4 is 5.32 Å². The molecule has 0 saturated heterocycles. The first-order valence-corrected chi connectivity index (χ1v) is 8.49. The zero-order valence-corrected chi connectivity index (χ0v) is 15.1. The minimum atomic E-state index is -0.602. The lowest BCUT2D eigenvalue weighted by Gasteiger charge is -2.15. The van der Waals surface area contributed by atoms with Crippen LogP contribution in [-0.4, -0.2) is 58.8 Å². The Labute approximate surface area is 155 Å².